The second-order valence-corrected chi connectivity index (χ2v) is 6.90. The number of anilines is 1. The molecule has 28 heavy (non-hydrogen) atoms. The summed E-state index contributed by atoms with van der Waals surface area (Å²) in [5, 5.41) is 15.6. The molecule has 1 amide bonds. The van der Waals surface area contributed by atoms with Crippen LogP contribution in [0.4, 0.5) is 5.82 Å². The highest BCUT2D eigenvalue weighted by molar-refractivity contribution is 7.23. The van der Waals surface area contributed by atoms with E-state index in [-0.39, 0.29) is 33.4 Å². The molecular formula is C16H21N6O5P. The third-order valence-corrected chi connectivity index (χ3v) is 4.77. The molecule has 1 saturated heterocycles. The summed E-state index contributed by atoms with van der Waals surface area (Å²) < 4.78 is 17.6. The highest BCUT2D eigenvalue weighted by atomic mass is 31.1. The smallest absolute Gasteiger partial charge is 0.351 e. The van der Waals surface area contributed by atoms with Crippen LogP contribution in [0.2, 0.25) is 0 Å². The Morgan fingerprint density at radius 1 is 1.46 bits per heavy atom. The number of hydrogen-bond donors (Lipinski definition) is 4. The molecular weight excluding hydrogens is 387 g/mol. The first-order valence-corrected chi connectivity index (χ1v) is 9.76. The lowest BCUT2D eigenvalue weighted by Gasteiger charge is -2.14. The number of nitrogens with zero attached hydrogens (tertiary/aromatic N) is 3. The largest absolute Gasteiger partial charge is 0.390 e. The van der Waals surface area contributed by atoms with E-state index in [9.17, 15) is 19.3 Å². The van der Waals surface area contributed by atoms with Crippen LogP contribution in [0.25, 0.3) is 0 Å². The molecule has 12 heteroatoms. The van der Waals surface area contributed by atoms with Crippen LogP contribution in [-0.4, -0.2) is 62.0 Å². The summed E-state index contributed by atoms with van der Waals surface area (Å²) in [5.74, 6) is 0.232. The molecule has 1 fully saturated rings. The Balaban J connectivity index is 1.46. The van der Waals surface area contributed by atoms with Crippen molar-refractivity contribution in [1.82, 2.24) is 24.8 Å². The predicted octanol–water partition coefficient (Wildman–Crippen LogP) is -0.323. The fraction of sp³-hybridized carbons (Fsp3) is 0.500. The topological polar surface area (TPSA) is 151 Å². The zero-order valence-electron chi connectivity index (χ0n) is 14.9. The number of aliphatic hydroxyl groups excluding tert-OH is 1. The predicted molar refractivity (Wildman–Crippen MR) is 99.3 cm³/mol. The first-order chi connectivity index (χ1) is 13.6. The van der Waals surface area contributed by atoms with E-state index in [4.69, 9.17) is 4.74 Å². The van der Waals surface area contributed by atoms with Gasteiger partial charge in [0.05, 0.1) is 31.1 Å². The maximum absolute atomic E-state index is 12.2. The van der Waals surface area contributed by atoms with E-state index in [1.807, 2.05) is 0 Å². The van der Waals surface area contributed by atoms with Crippen molar-refractivity contribution in [2.45, 2.75) is 31.3 Å². The molecule has 0 spiro atoms. The molecule has 0 bridgehead atoms. The van der Waals surface area contributed by atoms with Crippen molar-refractivity contribution in [3.63, 3.8) is 0 Å². The average molecular weight is 408 g/mol. The lowest BCUT2D eigenvalue weighted by Crippen LogP contribution is -2.31. The van der Waals surface area contributed by atoms with Gasteiger partial charge in [0.1, 0.15) is 12.0 Å². The summed E-state index contributed by atoms with van der Waals surface area (Å²) in [6.07, 6.45) is 3.27. The van der Waals surface area contributed by atoms with E-state index >= 15 is 0 Å². The van der Waals surface area contributed by atoms with Gasteiger partial charge in [0.25, 0.3) is 0 Å². The quantitative estimate of drug-likeness (QED) is 0.325. The number of aromatic amines is 1. The number of imidazole rings is 1. The molecule has 3 unspecified atom stereocenters. The Bertz CT molecular complexity index is 857. The summed E-state index contributed by atoms with van der Waals surface area (Å²) in [6.45, 7) is 0.764. The van der Waals surface area contributed by atoms with E-state index in [0.29, 0.717) is 18.9 Å². The number of carbonyl (C=O) groups excluding carboxylic acids is 1. The summed E-state index contributed by atoms with van der Waals surface area (Å²) in [4.78, 5) is 34.6. The number of carbonyl (C=O) groups is 1. The lowest BCUT2D eigenvalue weighted by atomic mass is 10.2. The Labute approximate surface area is 161 Å². The summed E-state index contributed by atoms with van der Waals surface area (Å²) in [6, 6.07) is 1.61. The summed E-state index contributed by atoms with van der Waals surface area (Å²) in [5.41, 5.74) is 0.206. The third-order valence-electron chi connectivity index (χ3n) is 4.26. The Morgan fingerprint density at radius 3 is 3.04 bits per heavy atom. The molecule has 3 atom stereocenters. The van der Waals surface area contributed by atoms with E-state index in [1.54, 1.807) is 12.3 Å². The van der Waals surface area contributed by atoms with E-state index in [0.717, 1.165) is 5.69 Å². The molecule has 2 aromatic heterocycles. The number of rotatable bonds is 9. The van der Waals surface area contributed by atoms with Gasteiger partial charge < -0.3 is 25.5 Å². The van der Waals surface area contributed by atoms with Gasteiger partial charge in [-0.25, -0.2) is 9.78 Å². The van der Waals surface area contributed by atoms with Gasteiger partial charge in [0.2, 0.25) is 5.91 Å². The summed E-state index contributed by atoms with van der Waals surface area (Å²) >= 11 is 0. The molecule has 150 valence electrons. The maximum Gasteiger partial charge on any atom is 0.351 e. The van der Waals surface area contributed by atoms with Gasteiger partial charge in [-0.1, -0.05) is 0 Å². The van der Waals surface area contributed by atoms with Crippen molar-refractivity contribution in [3.8, 4) is 0 Å². The van der Waals surface area contributed by atoms with Gasteiger partial charge in [-0.05, 0) is 6.07 Å². The van der Waals surface area contributed by atoms with Crippen LogP contribution >= 0.6 is 8.46 Å². The molecule has 1 aliphatic heterocycles. The number of hydrogen-bond acceptors (Lipinski definition) is 8. The minimum atomic E-state index is -0.776. The zero-order valence-corrected chi connectivity index (χ0v) is 15.8. The molecule has 2 aromatic rings. The van der Waals surface area contributed by atoms with E-state index in [2.05, 4.69) is 25.6 Å². The standard InChI is InChI=1S/C16H21N6O5P/c23-11-6-15(27-12(11)8-28-26)22-4-1-13(21-16(22)25)18-2-3-19-14(24)5-10-7-17-9-20-10/h1,4,7,9,11-12,15,23H,2-3,5-6,8H2,(H,17,20)(H,19,24)(H,18,21,25). The first kappa shape index (κ1) is 20.1. The normalized spacial score (nSPS) is 21.7. The number of amides is 1. The number of aromatic nitrogens is 4. The molecule has 0 aromatic carbocycles. The molecule has 11 nitrogen and oxygen atoms in total. The molecule has 3 rings (SSSR count). The van der Waals surface area contributed by atoms with Gasteiger partial charge in [0.15, 0.2) is 8.46 Å². The second kappa shape index (κ2) is 9.54. The van der Waals surface area contributed by atoms with Crippen LogP contribution in [-0.2, 0) is 20.5 Å². The van der Waals surface area contributed by atoms with Crippen LogP contribution in [0.1, 0.15) is 18.3 Å². The van der Waals surface area contributed by atoms with Crippen LogP contribution < -0.4 is 16.3 Å². The third kappa shape index (κ3) is 5.22. The molecule has 4 N–H and O–H groups in total. The zero-order chi connectivity index (χ0) is 19.9. The second-order valence-electron chi connectivity index (χ2n) is 6.28. The van der Waals surface area contributed by atoms with Crippen molar-refractivity contribution < 1.29 is 19.2 Å². The molecule has 0 saturated carbocycles. The number of aliphatic hydroxyl groups is 1. The van der Waals surface area contributed by atoms with Gasteiger partial charge >= 0.3 is 5.69 Å². The fourth-order valence-corrected chi connectivity index (χ4v) is 3.34. The van der Waals surface area contributed by atoms with Crippen molar-refractivity contribution in [1.29, 1.82) is 0 Å². The van der Waals surface area contributed by atoms with Crippen LogP contribution in [0.5, 0.6) is 0 Å². The van der Waals surface area contributed by atoms with Crippen LogP contribution in [0.3, 0.4) is 0 Å². The van der Waals surface area contributed by atoms with Crippen molar-refractivity contribution in [2.75, 3.05) is 24.6 Å². The summed E-state index contributed by atoms with van der Waals surface area (Å²) in [7, 11) is -0.117. The SMILES string of the molecule is O=PCC1OC(n2ccc(NCCNC(=O)Cc3cnc[nH]3)nc2=O)CC1O. The highest BCUT2D eigenvalue weighted by Crippen LogP contribution is 2.29. The average Bonchev–Trinajstić information content (AvgIpc) is 3.29. The van der Waals surface area contributed by atoms with E-state index in [1.165, 1.54) is 17.1 Å². The van der Waals surface area contributed by atoms with Crippen LogP contribution in [0.15, 0.2) is 29.6 Å². The molecule has 3 heterocycles. The Kier molecular flexibility index (Phi) is 6.85. The minimum Gasteiger partial charge on any atom is -0.390 e. The Hall–Kier alpha value is -2.62. The number of H-pyrrole nitrogens is 1. The molecule has 1 aliphatic rings. The Morgan fingerprint density at radius 2 is 2.32 bits per heavy atom. The number of nitrogens with one attached hydrogen (secondary N) is 3. The van der Waals surface area contributed by atoms with Gasteiger partial charge in [-0.2, -0.15) is 4.98 Å². The maximum atomic E-state index is 12.2. The minimum absolute atomic E-state index is 0.117. The number of ether oxygens (including phenoxy) is 1. The molecule has 0 aliphatic carbocycles. The van der Waals surface area contributed by atoms with Crippen molar-refractivity contribution >= 4 is 20.2 Å². The van der Waals surface area contributed by atoms with Gasteiger partial charge in [-0.15, -0.1) is 0 Å². The van der Waals surface area contributed by atoms with Crippen molar-refractivity contribution in [3.05, 3.63) is 41.0 Å². The molecule has 0 radical (unpaired) electrons. The lowest BCUT2D eigenvalue weighted by molar-refractivity contribution is -0.120. The monoisotopic (exact) mass is 408 g/mol. The van der Waals surface area contributed by atoms with Crippen molar-refractivity contribution in [2.24, 2.45) is 0 Å². The van der Waals surface area contributed by atoms with Gasteiger partial charge in [0, 0.05) is 37.6 Å². The highest BCUT2D eigenvalue weighted by Gasteiger charge is 2.35. The first-order valence-electron chi connectivity index (χ1n) is 8.76. The fourth-order valence-electron chi connectivity index (χ4n) is 2.86. The van der Waals surface area contributed by atoms with Crippen LogP contribution in [0, 0.1) is 0 Å². The van der Waals surface area contributed by atoms with E-state index < -0.39 is 24.1 Å². The van der Waals surface area contributed by atoms with Gasteiger partial charge in [-0.3, -0.25) is 13.9 Å².